The first kappa shape index (κ1) is 15.5. The molecular formula is C20H24N2O2. The predicted octanol–water partition coefficient (Wildman–Crippen LogP) is 3.52. The number of pyridine rings is 1. The Kier molecular flexibility index (Phi) is 4.39. The number of hydrogen-bond acceptors (Lipinski definition) is 4. The third kappa shape index (κ3) is 3.11. The van der Waals surface area contributed by atoms with E-state index < -0.39 is 0 Å². The van der Waals surface area contributed by atoms with E-state index in [1.165, 1.54) is 19.3 Å². The fourth-order valence-electron chi connectivity index (χ4n) is 4.21. The van der Waals surface area contributed by atoms with Crippen molar-refractivity contribution in [2.75, 3.05) is 13.7 Å². The highest BCUT2D eigenvalue weighted by Crippen LogP contribution is 2.43. The van der Waals surface area contributed by atoms with Gasteiger partial charge < -0.3 is 9.47 Å². The molecule has 0 amide bonds. The molecule has 3 atom stereocenters. The van der Waals surface area contributed by atoms with Crippen LogP contribution in [-0.4, -0.2) is 35.7 Å². The Morgan fingerprint density at radius 1 is 1.12 bits per heavy atom. The molecular weight excluding hydrogens is 300 g/mol. The van der Waals surface area contributed by atoms with E-state index in [1.54, 1.807) is 7.11 Å². The molecule has 0 radical (unpaired) electrons. The highest BCUT2D eigenvalue weighted by atomic mass is 16.5. The van der Waals surface area contributed by atoms with Crippen LogP contribution in [-0.2, 0) is 6.54 Å². The van der Waals surface area contributed by atoms with Gasteiger partial charge in [-0.15, -0.1) is 0 Å². The molecule has 24 heavy (non-hydrogen) atoms. The average Bonchev–Trinajstić information content (AvgIpc) is 3.23. The molecule has 2 aliphatic rings. The predicted molar refractivity (Wildman–Crippen MR) is 93.2 cm³/mol. The van der Waals surface area contributed by atoms with Crippen LogP contribution in [0.15, 0.2) is 48.7 Å². The Balaban J connectivity index is 1.44. The second-order valence-corrected chi connectivity index (χ2v) is 6.78. The molecule has 2 heterocycles. The second kappa shape index (κ2) is 6.81. The van der Waals surface area contributed by atoms with Crippen molar-refractivity contribution in [3.8, 4) is 11.5 Å². The van der Waals surface area contributed by atoms with Gasteiger partial charge >= 0.3 is 0 Å². The lowest BCUT2D eigenvalue weighted by molar-refractivity contribution is 0.0855. The van der Waals surface area contributed by atoms with Crippen LogP contribution in [0.2, 0.25) is 0 Å². The Morgan fingerprint density at radius 3 is 2.88 bits per heavy atom. The molecule has 1 aliphatic heterocycles. The van der Waals surface area contributed by atoms with E-state index in [4.69, 9.17) is 9.47 Å². The van der Waals surface area contributed by atoms with Crippen molar-refractivity contribution in [3.05, 3.63) is 54.4 Å². The van der Waals surface area contributed by atoms with Crippen molar-refractivity contribution < 1.29 is 9.47 Å². The summed E-state index contributed by atoms with van der Waals surface area (Å²) in [7, 11) is 1.68. The summed E-state index contributed by atoms with van der Waals surface area (Å²) in [6, 6.07) is 15.2. The summed E-state index contributed by atoms with van der Waals surface area (Å²) in [6.45, 7) is 1.66. The number of aromatic nitrogens is 1. The molecule has 1 saturated heterocycles. The lowest BCUT2D eigenvalue weighted by atomic mass is 9.99. The number of nitrogens with zero attached hydrogens (tertiary/aromatic N) is 2. The molecule has 2 fully saturated rings. The molecule has 0 N–H and O–H groups in total. The Hall–Kier alpha value is -2.07. The second-order valence-electron chi connectivity index (χ2n) is 6.78. The van der Waals surface area contributed by atoms with Crippen LogP contribution in [0.3, 0.4) is 0 Å². The number of ether oxygens (including phenoxy) is 2. The lowest BCUT2D eigenvalue weighted by Gasteiger charge is -2.34. The molecule has 1 aromatic heterocycles. The van der Waals surface area contributed by atoms with Gasteiger partial charge in [0.1, 0.15) is 18.1 Å². The molecule has 0 unspecified atom stereocenters. The first-order valence-corrected chi connectivity index (χ1v) is 8.76. The van der Waals surface area contributed by atoms with Crippen LogP contribution in [0.5, 0.6) is 11.5 Å². The van der Waals surface area contributed by atoms with Gasteiger partial charge in [-0.3, -0.25) is 9.88 Å². The average molecular weight is 324 g/mol. The lowest BCUT2D eigenvalue weighted by Crippen LogP contribution is -2.43. The van der Waals surface area contributed by atoms with Gasteiger partial charge in [0, 0.05) is 30.9 Å². The first-order valence-electron chi connectivity index (χ1n) is 8.76. The summed E-state index contributed by atoms with van der Waals surface area (Å²) in [5.74, 6) is 2.48. The molecule has 2 aromatic rings. The Bertz CT molecular complexity index is 676. The molecule has 126 valence electrons. The number of piperidine rings is 1. The highest BCUT2D eigenvalue weighted by molar-refractivity contribution is 5.32. The minimum Gasteiger partial charge on any atom is -0.497 e. The van der Waals surface area contributed by atoms with E-state index >= 15 is 0 Å². The summed E-state index contributed by atoms with van der Waals surface area (Å²) in [5.41, 5.74) is 1.15. The molecule has 1 aliphatic carbocycles. The summed E-state index contributed by atoms with van der Waals surface area (Å²) < 4.78 is 11.4. The van der Waals surface area contributed by atoms with Crippen molar-refractivity contribution in [3.63, 3.8) is 0 Å². The number of benzene rings is 1. The van der Waals surface area contributed by atoms with Gasteiger partial charge in [0.05, 0.1) is 12.8 Å². The van der Waals surface area contributed by atoms with E-state index in [9.17, 15) is 0 Å². The van der Waals surface area contributed by atoms with Gasteiger partial charge in [0.2, 0.25) is 0 Å². The van der Waals surface area contributed by atoms with E-state index in [0.29, 0.717) is 12.1 Å². The van der Waals surface area contributed by atoms with Gasteiger partial charge in [0.25, 0.3) is 0 Å². The molecule has 2 bridgehead atoms. The maximum absolute atomic E-state index is 6.11. The smallest absolute Gasteiger partial charge is 0.123 e. The molecule has 1 saturated carbocycles. The monoisotopic (exact) mass is 324 g/mol. The summed E-state index contributed by atoms with van der Waals surface area (Å²) in [4.78, 5) is 7.11. The summed E-state index contributed by atoms with van der Waals surface area (Å²) in [6.07, 6.45) is 5.83. The minimum atomic E-state index is 0.483. The van der Waals surface area contributed by atoms with Crippen LogP contribution in [0.1, 0.15) is 25.0 Å². The van der Waals surface area contributed by atoms with Crippen LogP contribution in [0.4, 0.5) is 0 Å². The van der Waals surface area contributed by atoms with Gasteiger partial charge in [-0.1, -0.05) is 12.1 Å². The number of methoxy groups -OCH3 is 1. The van der Waals surface area contributed by atoms with E-state index in [-0.39, 0.29) is 0 Å². The molecule has 4 rings (SSSR count). The van der Waals surface area contributed by atoms with Crippen molar-refractivity contribution in [2.24, 2.45) is 5.92 Å². The normalized spacial score (nSPS) is 25.8. The summed E-state index contributed by atoms with van der Waals surface area (Å²) in [5, 5.41) is 0. The van der Waals surface area contributed by atoms with Crippen LogP contribution >= 0.6 is 0 Å². The third-order valence-electron chi connectivity index (χ3n) is 5.42. The number of likely N-dealkylation sites (tertiary alicyclic amines) is 1. The molecule has 4 heteroatoms. The standard InChI is InChI=1S/C20H24N2O2/c1-23-18-6-4-7-19(12-18)24-14-20-15-8-9-17(11-15)22(20)13-16-5-2-3-10-21-16/h2-7,10,12,15,17,20H,8-9,11,13-14H2,1H3/t15-,17+,20-/m0/s1. The van der Waals surface area contributed by atoms with E-state index in [1.807, 2.05) is 36.5 Å². The first-order chi connectivity index (χ1) is 11.8. The molecule has 4 nitrogen and oxygen atoms in total. The maximum Gasteiger partial charge on any atom is 0.123 e. The van der Waals surface area contributed by atoms with Crippen molar-refractivity contribution >= 4 is 0 Å². The van der Waals surface area contributed by atoms with Crippen molar-refractivity contribution in [2.45, 2.75) is 37.9 Å². The topological polar surface area (TPSA) is 34.6 Å². The van der Waals surface area contributed by atoms with Crippen LogP contribution in [0.25, 0.3) is 0 Å². The highest BCUT2D eigenvalue weighted by Gasteiger charge is 2.45. The quantitative estimate of drug-likeness (QED) is 0.814. The van der Waals surface area contributed by atoms with Crippen molar-refractivity contribution in [1.29, 1.82) is 0 Å². The Labute approximate surface area is 143 Å². The number of rotatable bonds is 6. The third-order valence-corrected chi connectivity index (χ3v) is 5.42. The van der Waals surface area contributed by atoms with Gasteiger partial charge in [-0.2, -0.15) is 0 Å². The number of hydrogen-bond donors (Lipinski definition) is 0. The fraction of sp³-hybridized carbons (Fsp3) is 0.450. The van der Waals surface area contributed by atoms with Gasteiger partial charge in [0.15, 0.2) is 0 Å². The zero-order valence-electron chi connectivity index (χ0n) is 14.1. The van der Waals surface area contributed by atoms with Crippen molar-refractivity contribution in [1.82, 2.24) is 9.88 Å². The largest absolute Gasteiger partial charge is 0.497 e. The maximum atomic E-state index is 6.11. The fourth-order valence-corrected chi connectivity index (χ4v) is 4.21. The number of fused-ring (bicyclic) bond motifs is 2. The SMILES string of the molecule is COc1cccc(OC[C@H]2[C@H]3CC[C@H](C3)N2Cc2ccccn2)c1. The zero-order valence-corrected chi connectivity index (χ0v) is 14.1. The molecule has 1 aromatic carbocycles. The molecule has 0 spiro atoms. The van der Waals surface area contributed by atoms with Gasteiger partial charge in [-0.05, 0) is 49.4 Å². The Morgan fingerprint density at radius 2 is 2.04 bits per heavy atom. The van der Waals surface area contributed by atoms with E-state index in [0.717, 1.165) is 36.3 Å². The van der Waals surface area contributed by atoms with Crippen LogP contribution < -0.4 is 9.47 Å². The van der Waals surface area contributed by atoms with Crippen LogP contribution in [0, 0.1) is 5.92 Å². The van der Waals surface area contributed by atoms with E-state index in [2.05, 4.69) is 22.0 Å². The van der Waals surface area contributed by atoms with Gasteiger partial charge in [-0.25, -0.2) is 0 Å². The minimum absolute atomic E-state index is 0.483. The zero-order chi connectivity index (χ0) is 16.4. The summed E-state index contributed by atoms with van der Waals surface area (Å²) >= 11 is 0.